The number of rotatable bonds is 6. The molecule has 124 valence electrons. The van der Waals surface area contributed by atoms with Crippen LogP contribution in [0, 0.1) is 0 Å². The van der Waals surface area contributed by atoms with Gasteiger partial charge in [-0.3, -0.25) is 4.79 Å². The fourth-order valence-corrected chi connectivity index (χ4v) is 2.22. The summed E-state index contributed by atoms with van der Waals surface area (Å²) in [4.78, 5) is 12.6. The molecule has 1 aromatic heterocycles. The minimum absolute atomic E-state index is 0.121. The standard InChI is InChI=1S/C16H23N5O2/c1-11(14-20-17-10-21(14)4)18-15(22)16(2,3)19-12-6-8-13(23-5)9-7-12/h6-11,19H,1-5H3,(H,18,22). The highest BCUT2D eigenvalue weighted by atomic mass is 16.5. The Morgan fingerprint density at radius 2 is 1.96 bits per heavy atom. The molecule has 0 fully saturated rings. The van der Waals surface area contributed by atoms with Gasteiger partial charge in [0.25, 0.3) is 0 Å². The summed E-state index contributed by atoms with van der Waals surface area (Å²) in [6.07, 6.45) is 1.61. The zero-order chi connectivity index (χ0) is 17.0. The molecule has 0 aliphatic rings. The summed E-state index contributed by atoms with van der Waals surface area (Å²) in [5.41, 5.74) is 0.0683. The molecule has 7 heteroatoms. The largest absolute Gasteiger partial charge is 0.497 e. The highest BCUT2D eigenvalue weighted by Gasteiger charge is 2.29. The minimum Gasteiger partial charge on any atom is -0.497 e. The molecule has 1 amide bonds. The number of benzene rings is 1. The Bertz CT molecular complexity index is 663. The van der Waals surface area contributed by atoms with E-state index in [4.69, 9.17) is 4.74 Å². The quantitative estimate of drug-likeness (QED) is 0.850. The van der Waals surface area contributed by atoms with Gasteiger partial charge in [-0.15, -0.1) is 10.2 Å². The molecule has 0 radical (unpaired) electrons. The van der Waals surface area contributed by atoms with Crippen LogP contribution < -0.4 is 15.4 Å². The van der Waals surface area contributed by atoms with Crippen molar-refractivity contribution in [3.63, 3.8) is 0 Å². The lowest BCUT2D eigenvalue weighted by Crippen LogP contribution is -2.48. The fraction of sp³-hybridized carbons (Fsp3) is 0.438. The normalized spacial score (nSPS) is 12.6. The Morgan fingerprint density at radius 1 is 1.30 bits per heavy atom. The summed E-state index contributed by atoms with van der Waals surface area (Å²) in [7, 11) is 3.46. The van der Waals surface area contributed by atoms with Crippen LogP contribution in [0.1, 0.15) is 32.6 Å². The minimum atomic E-state index is -0.776. The topological polar surface area (TPSA) is 81.1 Å². The van der Waals surface area contributed by atoms with E-state index in [-0.39, 0.29) is 11.9 Å². The highest BCUT2D eigenvalue weighted by Crippen LogP contribution is 2.20. The maximum Gasteiger partial charge on any atom is 0.245 e. The first-order valence-corrected chi connectivity index (χ1v) is 7.40. The number of nitrogens with one attached hydrogen (secondary N) is 2. The van der Waals surface area contributed by atoms with Crippen LogP contribution >= 0.6 is 0 Å². The van der Waals surface area contributed by atoms with Crippen molar-refractivity contribution >= 4 is 11.6 Å². The third-order valence-corrected chi connectivity index (χ3v) is 3.60. The summed E-state index contributed by atoms with van der Waals surface area (Å²) in [5, 5.41) is 14.0. The summed E-state index contributed by atoms with van der Waals surface area (Å²) < 4.78 is 6.92. The van der Waals surface area contributed by atoms with E-state index in [1.807, 2.05) is 52.1 Å². The van der Waals surface area contributed by atoms with Gasteiger partial charge in [0, 0.05) is 12.7 Å². The van der Waals surface area contributed by atoms with Crippen LogP contribution in [0.25, 0.3) is 0 Å². The number of aromatic nitrogens is 3. The van der Waals surface area contributed by atoms with E-state index in [1.54, 1.807) is 18.0 Å². The van der Waals surface area contributed by atoms with Crippen molar-refractivity contribution in [1.82, 2.24) is 20.1 Å². The van der Waals surface area contributed by atoms with Gasteiger partial charge in [0.05, 0.1) is 13.2 Å². The number of nitrogens with zero attached hydrogens (tertiary/aromatic N) is 3. The smallest absolute Gasteiger partial charge is 0.245 e. The zero-order valence-electron chi connectivity index (χ0n) is 14.1. The molecule has 23 heavy (non-hydrogen) atoms. The fourth-order valence-electron chi connectivity index (χ4n) is 2.22. The molecular formula is C16H23N5O2. The molecule has 0 saturated carbocycles. The summed E-state index contributed by atoms with van der Waals surface area (Å²) in [5.74, 6) is 1.36. The van der Waals surface area contributed by atoms with Gasteiger partial charge in [0.15, 0.2) is 5.82 Å². The summed E-state index contributed by atoms with van der Waals surface area (Å²) >= 11 is 0. The number of carbonyl (C=O) groups excluding carboxylic acids is 1. The SMILES string of the molecule is COc1ccc(NC(C)(C)C(=O)NC(C)c2nncn2C)cc1. The number of anilines is 1. The van der Waals surface area contributed by atoms with Crippen LogP contribution in [0.3, 0.4) is 0 Å². The van der Waals surface area contributed by atoms with E-state index in [1.165, 1.54) is 0 Å². The van der Waals surface area contributed by atoms with Crippen LogP contribution in [0.15, 0.2) is 30.6 Å². The molecule has 2 rings (SSSR count). The Morgan fingerprint density at radius 3 is 2.48 bits per heavy atom. The second kappa shape index (κ2) is 6.68. The number of hydrogen-bond donors (Lipinski definition) is 2. The summed E-state index contributed by atoms with van der Waals surface area (Å²) in [6.45, 7) is 5.54. The van der Waals surface area contributed by atoms with Gasteiger partial charge in [0.2, 0.25) is 5.91 Å². The van der Waals surface area contributed by atoms with E-state index in [0.717, 1.165) is 11.4 Å². The van der Waals surface area contributed by atoms with Gasteiger partial charge in [-0.05, 0) is 45.0 Å². The Kier molecular flexibility index (Phi) is 4.88. The van der Waals surface area contributed by atoms with E-state index in [9.17, 15) is 4.79 Å². The van der Waals surface area contributed by atoms with Gasteiger partial charge >= 0.3 is 0 Å². The van der Waals surface area contributed by atoms with Crippen molar-refractivity contribution in [3.8, 4) is 5.75 Å². The van der Waals surface area contributed by atoms with Crippen LogP contribution in [-0.4, -0.2) is 33.3 Å². The molecule has 2 N–H and O–H groups in total. The van der Waals surface area contributed by atoms with Crippen molar-refractivity contribution in [2.75, 3.05) is 12.4 Å². The number of amides is 1. The molecule has 0 aliphatic heterocycles. The number of carbonyl (C=O) groups is 1. The predicted molar refractivity (Wildman–Crippen MR) is 88.3 cm³/mol. The Hall–Kier alpha value is -2.57. The van der Waals surface area contributed by atoms with Crippen LogP contribution in [0.2, 0.25) is 0 Å². The molecule has 1 aromatic carbocycles. The van der Waals surface area contributed by atoms with E-state index in [0.29, 0.717) is 5.82 Å². The van der Waals surface area contributed by atoms with Gasteiger partial charge in [-0.1, -0.05) is 0 Å². The molecule has 7 nitrogen and oxygen atoms in total. The first-order valence-electron chi connectivity index (χ1n) is 7.40. The van der Waals surface area contributed by atoms with Gasteiger partial charge in [-0.25, -0.2) is 0 Å². The van der Waals surface area contributed by atoms with Crippen molar-refractivity contribution in [1.29, 1.82) is 0 Å². The Labute approximate surface area is 136 Å². The van der Waals surface area contributed by atoms with Gasteiger partial charge < -0.3 is 19.9 Å². The van der Waals surface area contributed by atoms with Crippen molar-refractivity contribution in [2.45, 2.75) is 32.4 Å². The first-order chi connectivity index (χ1) is 10.8. The second-order valence-electron chi connectivity index (χ2n) is 5.97. The van der Waals surface area contributed by atoms with Crippen LogP contribution in [0.4, 0.5) is 5.69 Å². The van der Waals surface area contributed by atoms with E-state index in [2.05, 4.69) is 20.8 Å². The monoisotopic (exact) mass is 317 g/mol. The van der Waals surface area contributed by atoms with Gasteiger partial charge in [0.1, 0.15) is 17.6 Å². The number of methoxy groups -OCH3 is 1. The number of ether oxygens (including phenoxy) is 1. The molecule has 0 saturated heterocycles. The molecule has 0 bridgehead atoms. The first kappa shape index (κ1) is 16.8. The average molecular weight is 317 g/mol. The maximum absolute atomic E-state index is 12.6. The molecular weight excluding hydrogens is 294 g/mol. The number of hydrogen-bond acceptors (Lipinski definition) is 5. The van der Waals surface area contributed by atoms with Crippen molar-refractivity contribution in [2.24, 2.45) is 7.05 Å². The van der Waals surface area contributed by atoms with Crippen LogP contribution in [-0.2, 0) is 11.8 Å². The molecule has 0 spiro atoms. The molecule has 2 aromatic rings. The average Bonchev–Trinajstić information content (AvgIpc) is 2.93. The van der Waals surface area contributed by atoms with E-state index < -0.39 is 5.54 Å². The molecule has 0 aliphatic carbocycles. The molecule has 1 atom stereocenters. The van der Waals surface area contributed by atoms with Crippen molar-refractivity contribution < 1.29 is 9.53 Å². The van der Waals surface area contributed by atoms with Crippen molar-refractivity contribution in [3.05, 3.63) is 36.4 Å². The maximum atomic E-state index is 12.6. The third kappa shape index (κ3) is 4.00. The predicted octanol–water partition coefficient (Wildman–Crippen LogP) is 1.89. The van der Waals surface area contributed by atoms with Gasteiger partial charge in [-0.2, -0.15) is 0 Å². The molecule has 1 unspecified atom stereocenters. The zero-order valence-corrected chi connectivity index (χ0v) is 14.1. The third-order valence-electron chi connectivity index (χ3n) is 3.60. The van der Waals surface area contributed by atoms with Crippen LogP contribution in [0.5, 0.6) is 5.75 Å². The highest BCUT2D eigenvalue weighted by molar-refractivity contribution is 5.88. The second-order valence-corrected chi connectivity index (χ2v) is 5.97. The lowest BCUT2D eigenvalue weighted by atomic mass is 10.0. The lowest BCUT2D eigenvalue weighted by Gasteiger charge is -2.28. The lowest BCUT2D eigenvalue weighted by molar-refractivity contribution is -0.125. The summed E-state index contributed by atoms with van der Waals surface area (Å²) in [6, 6.07) is 7.21. The number of aryl methyl sites for hydroxylation is 1. The van der Waals surface area contributed by atoms with E-state index >= 15 is 0 Å². The molecule has 1 heterocycles. The Balaban J connectivity index is 2.02.